The van der Waals surface area contributed by atoms with Crippen molar-refractivity contribution in [3.05, 3.63) is 20.3 Å². The topological polar surface area (TPSA) is 21.3 Å². The molecule has 1 aliphatic heterocycles. The van der Waals surface area contributed by atoms with Gasteiger partial charge in [-0.1, -0.05) is 37.0 Å². The Morgan fingerprint density at radius 2 is 2.24 bits per heavy atom. The smallest absolute Gasteiger partial charge is 0.100 e. The molecule has 2 rings (SSSR count). The van der Waals surface area contributed by atoms with Crippen LogP contribution in [0, 0.1) is 5.92 Å². The summed E-state index contributed by atoms with van der Waals surface area (Å²) in [5, 5.41) is 3.54. The van der Waals surface area contributed by atoms with Gasteiger partial charge in [-0.3, -0.25) is 0 Å². The number of thiophene rings is 1. The van der Waals surface area contributed by atoms with Crippen molar-refractivity contribution in [2.75, 3.05) is 13.2 Å². The van der Waals surface area contributed by atoms with Gasteiger partial charge in [0.1, 0.15) is 4.34 Å². The monoisotopic (exact) mass is 293 g/mol. The molecule has 1 aliphatic rings. The lowest BCUT2D eigenvalue weighted by Gasteiger charge is -2.19. The Hall–Kier alpha value is 0.200. The first-order valence-corrected chi connectivity index (χ1v) is 7.45. The molecule has 0 spiro atoms. The fourth-order valence-electron chi connectivity index (χ4n) is 2.10. The van der Waals surface area contributed by atoms with E-state index >= 15 is 0 Å². The van der Waals surface area contributed by atoms with E-state index in [9.17, 15) is 0 Å². The second kappa shape index (κ2) is 5.89. The molecule has 2 unspecified atom stereocenters. The predicted molar refractivity (Wildman–Crippen MR) is 74.3 cm³/mol. The van der Waals surface area contributed by atoms with Crippen molar-refractivity contribution in [3.63, 3.8) is 0 Å². The first-order valence-electron chi connectivity index (χ1n) is 5.87. The van der Waals surface area contributed by atoms with E-state index in [0.29, 0.717) is 12.0 Å². The van der Waals surface area contributed by atoms with E-state index < -0.39 is 0 Å². The second-order valence-corrected chi connectivity index (χ2v) is 6.97. The standard InChI is InChI=1S/C12H17Cl2NOS/c1-7(2)9-3-4-16-10(6-15-9)8-5-11(13)17-12(8)14/h5,7,9-10,15H,3-4,6H2,1-2H3. The van der Waals surface area contributed by atoms with Crippen molar-refractivity contribution in [2.45, 2.75) is 32.4 Å². The van der Waals surface area contributed by atoms with Crippen LogP contribution in [0.15, 0.2) is 6.07 Å². The van der Waals surface area contributed by atoms with E-state index in [-0.39, 0.29) is 6.10 Å². The van der Waals surface area contributed by atoms with Gasteiger partial charge in [-0.15, -0.1) is 11.3 Å². The Morgan fingerprint density at radius 3 is 2.82 bits per heavy atom. The van der Waals surface area contributed by atoms with Crippen molar-refractivity contribution in [1.82, 2.24) is 5.32 Å². The molecule has 17 heavy (non-hydrogen) atoms. The van der Waals surface area contributed by atoms with Gasteiger partial charge in [0.05, 0.1) is 10.4 Å². The second-order valence-electron chi connectivity index (χ2n) is 4.69. The minimum absolute atomic E-state index is 0.0231. The molecule has 1 fully saturated rings. The highest BCUT2D eigenvalue weighted by molar-refractivity contribution is 7.20. The molecule has 1 N–H and O–H groups in total. The van der Waals surface area contributed by atoms with Crippen LogP contribution < -0.4 is 5.32 Å². The first-order chi connectivity index (χ1) is 8.08. The minimum atomic E-state index is 0.0231. The summed E-state index contributed by atoms with van der Waals surface area (Å²) in [6.45, 7) is 6.03. The number of hydrogen-bond donors (Lipinski definition) is 1. The van der Waals surface area contributed by atoms with Gasteiger partial charge in [0.25, 0.3) is 0 Å². The highest BCUT2D eigenvalue weighted by Gasteiger charge is 2.24. The van der Waals surface area contributed by atoms with Crippen LogP contribution in [0.2, 0.25) is 8.67 Å². The molecule has 2 heterocycles. The van der Waals surface area contributed by atoms with Gasteiger partial charge >= 0.3 is 0 Å². The Morgan fingerprint density at radius 1 is 1.47 bits per heavy atom. The normalized spacial score (nSPS) is 26.2. The number of halogens is 2. The van der Waals surface area contributed by atoms with Gasteiger partial charge in [-0.2, -0.15) is 0 Å². The largest absolute Gasteiger partial charge is 0.372 e. The highest BCUT2D eigenvalue weighted by atomic mass is 35.5. The van der Waals surface area contributed by atoms with Gasteiger partial charge in [-0.05, 0) is 18.4 Å². The van der Waals surface area contributed by atoms with Crippen LogP contribution in [0.1, 0.15) is 31.9 Å². The molecule has 96 valence electrons. The number of rotatable bonds is 2. The average Bonchev–Trinajstić information content (AvgIpc) is 2.52. The third-order valence-corrected chi connectivity index (χ3v) is 4.67. The zero-order chi connectivity index (χ0) is 12.4. The molecular weight excluding hydrogens is 277 g/mol. The first kappa shape index (κ1) is 13.6. The SMILES string of the molecule is CC(C)C1CCOC(c2cc(Cl)sc2Cl)CN1. The maximum atomic E-state index is 6.16. The molecule has 1 aromatic rings. The lowest BCUT2D eigenvalue weighted by Crippen LogP contribution is -2.34. The summed E-state index contributed by atoms with van der Waals surface area (Å²) in [4.78, 5) is 0. The molecule has 0 radical (unpaired) electrons. The predicted octanol–water partition coefficient (Wildman–Crippen LogP) is 4.13. The van der Waals surface area contributed by atoms with E-state index in [1.165, 1.54) is 11.3 Å². The van der Waals surface area contributed by atoms with E-state index in [4.69, 9.17) is 27.9 Å². The Labute approximate surface area is 116 Å². The van der Waals surface area contributed by atoms with Crippen LogP contribution in [0.4, 0.5) is 0 Å². The van der Waals surface area contributed by atoms with Crippen LogP contribution in [-0.2, 0) is 4.74 Å². The van der Waals surface area contributed by atoms with Gasteiger partial charge in [0, 0.05) is 24.8 Å². The molecule has 2 nitrogen and oxygen atoms in total. The van der Waals surface area contributed by atoms with E-state index in [0.717, 1.165) is 33.8 Å². The van der Waals surface area contributed by atoms with E-state index in [1.54, 1.807) is 0 Å². The maximum absolute atomic E-state index is 6.16. The third-order valence-electron chi connectivity index (χ3n) is 3.15. The Kier molecular flexibility index (Phi) is 4.72. The Balaban J connectivity index is 2.06. The van der Waals surface area contributed by atoms with E-state index in [1.807, 2.05) is 6.07 Å². The average molecular weight is 294 g/mol. The molecule has 2 atom stereocenters. The van der Waals surface area contributed by atoms with Crippen molar-refractivity contribution >= 4 is 34.5 Å². The zero-order valence-electron chi connectivity index (χ0n) is 10.0. The summed E-state index contributed by atoms with van der Waals surface area (Å²) in [5.74, 6) is 0.624. The molecule has 1 aromatic heterocycles. The summed E-state index contributed by atoms with van der Waals surface area (Å²) in [7, 11) is 0. The van der Waals surface area contributed by atoms with Crippen molar-refractivity contribution in [3.8, 4) is 0 Å². The Bertz CT molecular complexity index is 381. The summed E-state index contributed by atoms with van der Waals surface area (Å²) in [5.41, 5.74) is 1.01. The van der Waals surface area contributed by atoms with Crippen LogP contribution in [0.25, 0.3) is 0 Å². The van der Waals surface area contributed by atoms with Crippen LogP contribution in [0.3, 0.4) is 0 Å². The molecule has 1 saturated heterocycles. The van der Waals surface area contributed by atoms with Crippen LogP contribution in [-0.4, -0.2) is 19.2 Å². The summed E-state index contributed by atoms with van der Waals surface area (Å²) >= 11 is 13.5. The fraction of sp³-hybridized carbons (Fsp3) is 0.667. The molecule has 0 aromatic carbocycles. The number of hydrogen-bond acceptors (Lipinski definition) is 3. The van der Waals surface area contributed by atoms with Gasteiger partial charge < -0.3 is 10.1 Å². The molecular formula is C12H17Cl2NOS. The third kappa shape index (κ3) is 3.36. The van der Waals surface area contributed by atoms with Crippen molar-refractivity contribution in [2.24, 2.45) is 5.92 Å². The summed E-state index contributed by atoms with van der Waals surface area (Å²) in [6.07, 6.45) is 1.07. The molecule has 0 saturated carbocycles. The van der Waals surface area contributed by atoms with Gasteiger partial charge in [0.2, 0.25) is 0 Å². The molecule has 0 bridgehead atoms. The lowest BCUT2D eigenvalue weighted by atomic mass is 10.0. The molecule has 5 heteroatoms. The highest BCUT2D eigenvalue weighted by Crippen LogP contribution is 2.36. The van der Waals surface area contributed by atoms with Crippen LogP contribution in [0.5, 0.6) is 0 Å². The fourth-order valence-corrected chi connectivity index (χ4v) is 3.66. The molecule has 0 aliphatic carbocycles. The number of ether oxygens (including phenoxy) is 1. The van der Waals surface area contributed by atoms with Crippen molar-refractivity contribution < 1.29 is 4.74 Å². The summed E-state index contributed by atoms with van der Waals surface area (Å²) < 4.78 is 7.33. The van der Waals surface area contributed by atoms with E-state index in [2.05, 4.69) is 19.2 Å². The number of nitrogens with one attached hydrogen (secondary N) is 1. The zero-order valence-corrected chi connectivity index (χ0v) is 12.3. The lowest BCUT2D eigenvalue weighted by molar-refractivity contribution is 0.0664. The maximum Gasteiger partial charge on any atom is 0.100 e. The van der Waals surface area contributed by atoms with Crippen LogP contribution >= 0.6 is 34.5 Å². The quantitative estimate of drug-likeness (QED) is 0.885. The summed E-state index contributed by atoms with van der Waals surface area (Å²) in [6, 6.07) is 2.43. The molecule has 0 amide bonds. The minimum Gasteiger partial charge on any atom is -0.372 e. The van der Waals surface area contributed by atoms with Crippen molar-refractivity contribution in [1.29, 1.82) is 0 Å². The van der Waals surface area contributed by atoms with Gasteiger partial charge in [-0.25, -0.2) is 0 Å². The van der Waals surface area contributed by atoms with Gasteiger partial charge in [0.15, 0.2) is 0 Å².